The summed E-state index contributed by atoms with van der Waals surface area (Å²) in [5, 5.41) is 0. The Hall–Kier alpha value is -0.860. The Labute approximate surface area is 110 Å². The molecule has 0 saturated carbocycles. The normalized spacial score (nSPS) is 33.1. The summed E-state index contributed by atoms with van der Waals surface area (Å²) in [5.41, 5.74) is 1.40. The minimum atomic E-state index is 0.364. The van der Waals surface area contributed by atoms with Crippen LogP contribution in [0.4, 0.5) is 0 Å². The molecule has 2 heteroatoms. The molecule has 18 heavy (non-hydrogen) atoms. The van der Waals surface area contributed by atoms with Crippen molar-refractivity contribution in [2.75, 3.05) is 6.61 Å². The second-order valence-electron chi connectivity index (χ2n) is 5.75. The Kier molecular flexibility index (Phi) is 3.67. The van der Waals surface area contributed by atoms with Gasteiger partial charge < -0.3 is 4.74 Å². The van der Waals surface area contributed by atoms with E-state index in [0.29, 0.717) is 12.3 Å². The van der Waals surface area contributed by atoms with E-state index in [9.17, 15) is 0 Å². The summed E-state index contributed by atoms with van der Waals surface area (Å²) in [6, 6.07) is 11.4. The highest BCUT2D eigenvalue weighted by molar-refractivity contribution is 5.15. The molecule has 2 aliphatic heterocycles. The lowest BCUT2D eigenvalue weighted by Crippen LogP contribution is -2.52. The molecule has 1 aromatic rings. The monoisotopic (exact) mass is 245 g/mol. The van der Waals surface area contributed by atoms with Crippen LogP contribution in [0.15, 0.2) is 30.3 Å². The van der Waals surface area contributed by atoms with Crippen molar-refractivity contribution in [1.82, 2.24) is 4.90 Å². The lowest BCUT2D eigenvalue weighted by atomic mass is 9.86. The molecule has 0 N–H and O–H groups in total. The van der Waals surface area contributed by atoms with Gasteiger partial charge in [0, 0.05) is 19.2 Å². The lowest BCUT2D eigenvalue weighted by molar-refractivity contribution is -0.159. The summed E-state index contributed by atoms with van der Waals surface area (Å²) < 4.78 is 6.06. The largest absolute Gasteiger partial charge is 0.363 e. The maximum Gasteiger partial charge on any atom is 0.113 e. The van der Waals surface area contributed by atoms with Crippen LogP contribution in [-0.2, 0) is 11.3 Å². The third-order valence-corrected chi connectivity index (χ3v) is 4.47. The number of rotatable bonds is 2. The standard InChI is InChI=1S/C16H23NO/c1-13-9-10-15-8-5-11-18-16(15)17(13)12-14-6-3-2-4-7-14/h2-4,6-7,13,15-16H,5,8-12H2,1H3/t13?,15-,16-/m1/s1. The Balaban J connectivity index is 1.75. The van der Waals surface area contributed by atoms with Gasteiger partial charge in [-0.1, -0.05) is 30.3 Å². The molecule has 0 aliphatic carbocycles. The van der Waals surface area contributed by atoms with Crippen LogP contribution < -0.4 is 0 Å². The van der Waals surface area contributed by atoms with Gasteiger partial charge in [0.2, 0.25) is 0 Å². The summed E-state index contributed by atoms with van der Waals surface area (Å²) in [6.45, 7) is 4.32. The molecule has 0 bridgehead atoms. The van der Waals surface area contributed by atoms with E-state index in [0.717, 1.165) is 19.1 Å². The van der Waals surface area contributed by atoms with Crippen LogP contribution in [0.1, 0.15) is 38.2 Å². The average Bonchev–Trinajstić information content (AvgIpc) is 2.43. The number of ether oxygens (including phenoxy) is 1. The molecule has 2 nitrogen and oxygen atoms in total. The van der Waals surface area contributed by atoms with Crippen molar-refractivity contribution in [2.45, 2.75) is 51.4 Å². The van der Waals surface area contributed by atoms with Gasteiger partial charge in [-0.15, -0.1) is 0 Å². The van der Waals surface area contributed by atoms with Gasteiger partial charge >= 0.3 is 0 Å². The first-order valence-corrected chi connectivity index (χ1v) is 7.26. The van der Waals surface area contributed by atoms with Crippen molar-refractivity contribution in [2.24, 2.45) is 5.92 Å². The topological polar surface area (TPSA) is 12.5 Å². The molecule has 3 rings (SSSR count). The van der Waals surface area contributed by atoms with Gasteiger partial charge in [0.25, 0.3) is 0 Å². The highest BCUT2D eigenvalue weighted by atomic mass is 16.5. The van der Waals surface area contributed by atoms with Crippen LogP contribution in [0.2, 0.25) is 0 Å². The maximum absolute atomic E-state index is 6.06. The van der Waals surface area contributed by atoms with Crippen molar-refractivity contribution in [3.63, 3.8) is 0 Å². The van der Waals surface area contributed by atoms with E-state index in [4.69, 9.17) is 4.74 Å². The first-order chi connectivity index (χ1) is 8.84. The predicted molar refractivity (Wildman–Crippen MR) is 73.1 cm³/mol. The van der Waals surface area contributed by atoms with Crippen LogP contribution in [0.3, 0.4) is 0 Å². The number of likely N-dealkylation sites (tertiary alicyclic amines) is 1. The molecular formula is C16H23NO. The van der Waals surface area contributed by atoms with Gasteiger partial charge in [-0.25, -0.2) is 0 Å². The molecule has 0 amide bonds. The molecule has 1 aromatic carbocycles. The number of hydrogen-bond acceptors (Lipinski definition) is 2. The lowest BCUT2D eigenvalue weighted by Gasteiger charge is -2.47. The van der Waals surface area contributed by atoms with Crippen LogP contribution in [0.25, 0.3) is 0 Å². The molecule has 98 valence electrons. The number of piperidine rings is 1. The highest BCUT2D eigenvalue weighted by Gasteiger charge is 2.37. The number of nitrogens with zero attached hydrogens (tertiary/aromatic N) is 1. The van der Waals surface area contributed by atoms with Crippen molar-refractivity contribution in [3.05, 3.63) is 35.9 Å². The van der Waals surface area contributed by atoms with Gasteiger partial charge in [0.05, 0.1) is 0 Å². The van der Waals surface area contributed by atoms with Crippen LogP contribution >= 0.6 is 0 Å². The third kappa shape index (κ3) is 2.45. The van der Waals surface area contributed by atoms with E-state index in [1.54, 1.807) is 0 Å². The zero-order valence-corrected chi connectivity index (χ0v) is 11.2. The van der Waals surface area contributed by atoms with Gasteiger partial charge in [-0.05, 0) is 44.1 Å². The Morgan fingerprint density at radius 3 is 2.83 bits per heavy atom. The highest BCUT2D eigenvalue weighted by Crippen LogP contribution is 2.35. The average molecular weight is 245 g/mol. The molecule has 2 fully saturated rings. The van der Waals surface area contributed by atoms with E-state index >= 15 is 0 Å². The zero-order chi connectivity index (χ0) is 12.4. The Bertz CT molecular complexity index is 378. The summed E-state index contributed by atoms with van der Waals surface area (Å²) >= 11 is 0. The molecule has 3 atom stereocenters. The van der Waals surface area contributed by atoms with E-state index in [1.807, 2.05) is 0 Å². The van der Waals surface area contributed by atoms with E-state index in [-0.39, 0.29) is 0 Å². The zero-order valence-electron chi connectivity index (χ0n) is 11.2. The SMILES string of the molecule is CC1CC[C@H]2CCCO[C@H]2N1Cc1ccccc1. The molecule has 0 aromatic heterocycles. The summed E-state index contributed by atoms with van der Waals surface area (Å²) in [7, 11) is 0. The molecule has 1 unspecified atom stereocenters. The van der Waals surface area contributed by atoms with E-state index < -0.39 is 0 Å². The Morgan fingerprint density at radius 1 is 1.17 bits per heavy atom. The molecule has 2 aliphatic rings. The number of fused-ring (bicyclic) bond motifs is 1. The second-order valence-corrected chi connectivity index (χ2v) is 5.75. The fourth-order valence-corrected chi connectivity index (χ4v) is 3.39. The van der Waals surface area contributed by atoms with Crippen LogP contribution in [0, 0.1) is 5.92 Å². The van der Waals surface area contributed by atoms with Gasteiger partial charge in [0.15, 0.2) is 0 Å². The summed E-state index contributed by atoms with van der Waals surface area (Å²) in [4.78, 5) is 2.57. The molecule has 2 saturated heterocycles. The number of benzene rings is 1. The van der Waals surface area contributed by atoms with Gasteiger partial charge in [-0.2, -0.15) is 0 Å². The molecule has 0 spiro atoms. The molecule has 2 heterocycles. The Morgan fingerprint density at radius 2 is 2.00 bits per heavy atom. The maximum atomic E-state index is 6.06. The smallest absolute Gasteiger partial charge is 0.113 e. The van der Waals surface area contributed by atoms with Crippen molar-refractivity contribution < 1.29 is 4.74 Å². The van der Waals surface area contributed by atoms with E-state index in [2.05, 4.69) is 42.2 Å². The van der Waals surface area contributed by atoms with E-state index in [1.165, 1.54) is 31.2 Å². The quantitative estimate of drug-likeness (QED) is 0.791. The second kappa shape index (κ2) is 5.41. The van der Waals surface area contributed by atoms with Crippen LogP contribution in [0.5, 0.6) is 0 Å². The minimum absolute atomic E-state index is 0.364. The molecule has 0 radical (unpaired) electrons. The summed E-state index contributed by atoms with van der Waals surface area (Å²) in [6.07, 6.45) is 5.62. The van der Waals surface area contributed by atoms with Gasteiger partial charge in [0.1, 0.15) is 6.23 Å². The summed E-state index contributed by atoms with van der Waals surface area (Å²) in [5.74, 6) is 0.763. The molecular weight excluding hydrogens is 222 g/mol. The first kappa shape index (κ1) is 12.2. The van der Waals surface area contributed by atoms with Crippen molar-refractivity contribution in [1.29, 1.82) is 0 Å². The van der Waals surface area contributed by atoms with Crippen molar-refractivity contribution >= 4 is 0 Å². The predicted octanol–water partition coefficient (Wildman–Crippen LogP) is 3.42. The first-order valence-electron chi connectivity index (χ1n) is 7.26. The fraction of sp³-hybridized carbons (Fsp3) is 0.625. The number of hydrogen-bond donors (Lipinski definition) is 0. The van der Waals surface area contributed by atoms with Gasteiger partial charge in [-0.3, -0.25) is 4.90 Å². The van der Waals surface area contributed by atoms with Crippen LogP contribution in [-0.4, -0.2) is 23.8 Å². The van der Waals surface area contributed by atoms with Crippen molar-refractivity contribution in [3.8, 4) is 0 Å². The fourth-order valence-electron chi connectivity index (χ4n) is 3.39. The third-order valence-electron chi connectivity index (χ3n) is 4.47. The minimum Gasteiger partial charge on any atom is -0.363 e.